The second kappa shape index (κ2) is 4.10. The summed E-state index contributed by atoms with van der Waals surface area (Å²) in [5.74, 6) is 0. The SMILES string of the molecule is O=S(=O)(Cl)c1c(I)cccc1C(F)(F)F. The molecule has 0 atom stereocenters. The van der Waals surface area contributed by atoms with Crippen LogP contribution in [-0.2, 0) is 15.2 Å². The first-order chi connectivity index (χ1) is 6.64. The number of halogens is 5. The molecule has 84 valence electrons. The summed E-state index contributed by atoms with van der Waals surface area (Å²) >= 11 is 1.49. The molecule has 0 aromatic heterocycles. The molecule has 8 heteroatoms. The van der Waals surface area contributed by atoms with Gasteiger partial charge in [-0.2, -0.15) is 13.2 Å². The molecule has 1 rings (SSSR count). The van der Waals surface area contributed by atoms with Crippen molar-refractivity contribution in [2.75, 3.05) is 0 Å². The van der Waals surface area contributed by atoms with E-state index < -0.39 is 25.7 Å². The average Bonchev–Trinajstić information content (AvgIpc) is 1.99. The first kappa shape index (κ1) is 13.0. The fourth-order valence-corrected chi connectivity index (χ4v) is 3.98. The van der Waals surface area contributed by atoms with Crippen LogP contribution in [0.5, 0.6) is 0 Å². The predicted molar refractivity (Wildman–Crippen MR) is 57.2 cm³/mol. The number of alkyl halides is 3. The van der Waals surface area contributed by atoms with Crippen LogP contribution in [-0.4, -0.2) is 8.42 Å². The molecule has 2 nitrogen and oxygen atoms in total. The molecule has 0 saturated heterocycles. The molecule has 0 heterocycles. The van der Waals surface area contributed by atoms with Gasteiger partial charge in [0, 0.05) is 14.3 Å². The van der Waals surface area contributed by atoms with Gasteiger partial charge in [-0.25, -0.2) is 8.42 Å². The predicted octanol–water partition coefficient (Wildman–Crippen LogP) is 3.24. The smallest absolute Gasteiger partial charge is 0.207 e. The third-order valence-corrected chi connectivity index (χ3v) is 4.17. The minimum Gasteiger partial charge on any atom is -0.207 e. The molecular weight excluding hydrogens is 367 g/mol. The molecule has 0 N–H and O–H groups in total. The van der Waals surface area contributed by atoms with Crippen LogP contribution in [0.4, 0.5) is 13.2 Å². The lowest BCUT2D eigenvalue weighted by molar-refractivity contribution is -0.139. The van der Waals surface area contributed by atoms with Crippen LogP contribution in [0, 0.1) is 3.57 Å². The van der Waals surface area contributed by atoms with Gasteiger partial charge in [-0.05, 0) is 34.7 Å². The average molecular weight is 371 g/mol. The van der Waals surface area contributed by atoms with Crippen LogP contribution in [0.1, 0.15) is 5.56 Å². The Balaban J connectivity index is 3.63. The molecule has 0 aliphatic heterocycles. The van der Waals surface area contributed by atoms with Gasteiger partial charge in [0.05, 0.1) is 5.56 Å². The van der Waals surface area contributed by atoms with Gasteiger partial charge in [-0.3, -0.25) is 0 Å². The molecule has 15 heavy (non-hydrogen) atoms. The van der Waals surface area contributed by atoms with E-state index in [1.165, 1.54) is 28.7 Å². The largest absolute Gasteiger partial charge is 0.417 e. The van der Waals surface area contributed by atoms with Crippen LogP contribution in [0.3, 0.4) is 0 Å². The Kier molecular flexibility index (Phi) is 3.56. The van der Waals surface area contributed by atoms with E-state index in [1.54, 1.807) is 0 Å². The third-order valence-electron chi connectivity index (χ3n) is 1.52. The lowest BCUT2D eigenvalue weighted by Gasteiger charge is -2.11. The highest BCUT2D eigenvalue weighted by Gasteiger charge is 2.37. The van der Waals surface area contributed by atoms with Gasteiger partial charge in [0.1, 0.15) is 4.90 Å². The highest BCUT2D eigenvalue weighted by atomic mass is 127. The quantitative estimate of drug-likeness (QED) is 0.562. The van der Waals surface area contributed by atoms with E-state index in [0.29, 0.717) is 6.07 Å². The zero-order valence-electron chi connectivity index (χ0n) is 6.85. The Bertz CT molecular complexity index is 483. The summed E-state index contributed by atoms with van der Waals surface area (Å²) in [7, 11) is 0.540. The topological polar surface area (TPSA) is 34.1 Å². The summed E-state index contributed by atoms with van der Waals surface area (Å²) in [6.07, 6.45) is -4.74. The van der Waals surface area contributed by atoms with E-state index in [2.05, 4.69) is 0 Å². The van der Waals surface area contributed by atoms with E-state index in [4.69, 9.17) is 10.7 Å². The summed E-state index contributed by atoms with van der Waals surface area (Å²) in [6, 6.07) is 3.04. The van der Waals surface area contributed by atoms with Gasteiger partial charge in [0.2, 0.25) is 0 Å². The lowest BCUT2D eigenvalue weighted by Crippen LogP contribution is -2.11. The van der Waals surface area contributed by atoms with E-state index in [0.717, 1.165) is 6.07 Å². The Hall–Kier alpha value is -0.0200. The van der Waals surface area contributed by atoms with E-state index in [1.807, 2.05) is 0 Å². The van der Waals surface area contributed by atoms with Crippen LogP contribution in [0.25, 0.3) is 0 Å². The summed E-state index contributed by atoms with van der Waals surface area (Å²) in [4.78, 5) is -0.889. The maximum Gasteiger partial charge on any atom is 0.417 e. The van der Waals surface area contributed by atoms with Gasteiger partial charge >= 0.3 is 6.18 Å². The zero-order valence-corrected chi connectivity index (χ0v) is 10.6. The number of benzene rings is 1. The van der Waals surface area contributed by atoms with E-state index in [-0.39, 0.29) is 3.57 Å². The normalized spacial score (nSPS) is 12.9. The molecule has 0 fully saturated rings. The van der Waals surface area contributed by atoms with Crippen molar-refractivity contribution in [2.24, 2.45) is 0 Å². The number of rotatable bonds is 1. The van der Waals surface area contributed by atoms with Gasteiger partial charge in [-0.1, -0.05) is 6.07 Å². The van der Waals surface area contributed by atoms with Crippen molar-refractivity contribution in [1.82, 2.24) is 0 Å². The number of hydrogen-bond donors (Lipinski definition) is 0. The molecule has 0 bridgehead atoms. The summed E-state index contributed by atoms with van der Waals surface area (Å²) in [6.45, 7) is 0. The summed E-state index contributed by atoms with van der Waals surface area (Å²) in [5.41, 5.74) is -1.25. The molecule has 0 aliphatic rings. The summed E-state index contributed by atoms with van der Waals surface area (Å²) < 4.78 is 59.2. The van der Waals surface area contributed by atoms with Gasteiger partial charge in [-0.15, -0.1) is 0 Å². The van der Waals surface area contributed by atoms with Crippen molar-refractivity contribution < 1.29 is 21.6 Å². The van der Waals surface area contributed by atoms with Crippen molar-refractivity contribution in [3.8, 4) is 0 Å². The third kappa shape index (κ3) is 2.97. The molecular formula is C7H3ClF3IO2S. The molecule has 0 saturated carbocycles. The molecule has 0 spiro atoms. The molecule has 0 aliphatic carbocycles. The maximum absolute atomic E-state index is 12.4. The van der Waals surface area contributed by atoms with E-state index in [9.17, 15) is 21.6 Å². The minimum atomic E-state index is -4.74. The Labute approximate surface area is 102 Å². The molecule has 0 radical (unpaired) electrons. The fourth-order valence-electron chi connectivity index (χ4n) is 0.980. The Morgan fingerprint density at radius 1 is 1.27 bits per heavy atom. The van der Waals surface area contributed by atoms with Gasteiger partial charge in [0.25, 0.3) is 9.05 Å². The highest BCUT2D eigenvalue weighted by Crippen LogP contribution is 2.37. The van der Waals surface area contributed by atoms with Crippen LogP contribution in [0.15, 0.2) is 23.1 Å². The molecule has 0 unspecified atom stereocenters. The number of hydrogen-bond acceptors (Lipinski definition) is 2. The first-order valence-corrected chi connectivity index (χ1v) is 6.83. The zero-order chi connectivity index (χ0) is 11.9. The monoisotopic (exact) mass is 370 g/mol. The van der Waals surface area contributed by atoms with E-state index >= 15 is 0 Å². The Morgan fingerprint density at radius 2 is 1.80 bits per heavy atom. The van der Waals surface area contributed by atoms with Gasteiger partial charge < -0.3 is 0 Å². The molecule has 1 aromatic rings. The molecule has 1 aromatic carbocycles. The van der Waals surface area contributed by atoms with Gasteiger partial charge in [0.15, 0.2) is 0 Å². The van der Waals surface area contributed by atoms with Crippen molar-refractivity contribution in [2.45, 2.75) is 11.1 Å². The second-order valence-corrected chi connectivity index (χ2v) is 6.22. The van der Waals surface area contributed by atoms with Crippen molar-refractivity contribution in [3.63, 3.8) is 0 Å². The van der Waals surface area contributed by atoms with Crippen LogP contribution in [0.2, 0.25) is 0 Å². The molecule has 0 amide bonds. The maximum atomic E-state index is 12.4. The van der Waals surface area contributed by atoms with Crippen molar-refractivity contribution in [1.29, 1.82) is 0 Å². The highest BCUT2D eigenvalue weighted by molar-refractivity contribution is 14.1. The first-order valence-electron chi connectivity index (χ1n) is 3.44. The standard InChI is InChI=1S/C7H3ClF3IO2S/c8-15(13,14)6-4(7(9,10)11)2-1-3-5(6)12/h1-3H. The van der Waals surface area contributed by atoms with Crippen molar-refractivity contribution in [3.05, 3.63) is 27.3 Å². The van der Waals surface area contributed by atoms with Crippen LogP contribution < -0.4 is 0 Å². The summed E-state index contributed by atoms with van der Waals surface area (Å²) in [5, 5.41) is 0. The second-order valence-electron chi connectivity index (χ2n) is 2.55. The Morgan fingerprint density at radius 3 is 2.13 bits per heavy atom. The van der Waals surface area contributed by atoms with Crippen LogP contribution >= 0.6 is 33.3 Å². The minimum absolute atomic E-state index is 0.0579. The van der Waals surface area contributed by atoms with Crippen molar-refractivity contribution >= 4 is 42.3 Å². The lowest BCUT2D eigenvalue weighted by atomic mass is 10.2. The fraction of sp³-hybridized carbons (Fsp3) is 0.143.